The average Bonchev–Trinajstić information content (AvgIpc) is 2.94. The molecule has 0 aromatic heterocycles. The molecule has 6 bridgehead atoms. The van der Waals surface area contributed by atoms with Gasteiger partial charge in [-0.1, -0.05) is 0 Å². The third-order valence-corrected chi connectivity index (χ3v) is 8.99. The molecule has 8 aliphatic rings. The van der Waals surface area contributed by atoms with Gasteiger partial charge in [0, 0.05) is 0 Å². The SMILES string of the molecule is O[C@@]12C[C@H]3[C@H]4C[C@@H]1[C@@H]1[C@H]4[C@H]4[C@@H]5C[C@H]([C@@H]34)[C@H]2[C@@H]51. The second-order valence-corrected chi connectivity index (χ2v) is 8.34. The molecule has 0 heterocycles. The van der Waals surface area contributed by atoms with Gasteiger partial charge >= 0.3 is 0 Å². The summed E-state index contributed by atoms with van der Waals surface area (Å²) in [4.78, 5) is 0. The van der Waals surface area contributed by atoms with Crippen molar-refractivity contribution >= 4 is 0 Å². The quantitative estimate of drug-likeness (QED) is 0.651. The molecule has 8 saturated carbocycles. The summed E-state index contributed by atoms with van der Waals surface area (Å²) in [5, 5.41) is 11.2. The van der Waals surface area contributed by atoms with E-state index in [1.54, 1.807) is 0 Å². The van der Waals surface area contributed by atoms with Crippen molar-refractivity contribution in [3.63, 3.8) is 0 Å². The van der Waals surface area contributed by atoms with Crippen LogP contribution in [0.5, 0.6) is 0 Å². The number of hydrogen-bond acceptors (Lipinski definition) is 1. The summed E-state index contributed by atoms with van der Waals surface area (Å²) in [6.07, 6.45) is 4.22. The van der Waals surface area contributed by atoms with E-state index in [4.69, 9.17) is 0 Å². The zero-order valence-corrected chi connectivity index (χ0v) is 9.42. The highest BCUT2D eigenvalue weighted by atomic mass is 16.3. The van der Waals surface area contributed by atoms with Gasteiger partial charge in [0.05, 0.1) is 5.60 Å². The van der Waals surface area contributed by atoms with Gasteiger partial charge in [0.1, 0.15) is 0 Å². The third kappa shape index (κ3) is 0.396. The summed E-state index contributed by atoms with van der Waals surface area (Å²) in [6, 6.07) is 0. The lowest BCUT2D eigenvalue weighted by atomic mass is 9.54. The van der Waals surface area contributed by atoms with E-state index in [1.165, 1.54) is 25.2 Å². The summed E-state index contributed by atoms with van der Waals surface area (Å²) in [7, 11) is 0. The third-order valence-electron chi connectivity index (χ3n) is 8.99. The standard InChI is InChI=1S/C15H18O/c16-15-3-7-4-2-8(15)13-10(4)11-5-1-6(9(7)11)14(15)12(5)13/h4-14,16H,1-3H2/t4-,5+,6-,7+,8-,9+,10-,11+,12+,13-,14+,15+/m1/s1. The first-order valence-electron chi connectivity index (χ1n) is 7.53. The minimum atomic E-state index is -0.146. The number of hydrogen-bond donors (Lipinski definition) is 1. The number of aliphatic hydroxyl groups is 1. The van der Waals surface area contributed by atoms with Crippen LogP contribution in [0.15, 0.2) is 0 Å². The number of rotatable bonds is 0. The maximum Gasteiger partial charge on any atom is 0.0715 e. The molecule has 8 aliphatic carbocycles. The Kier molecular flexibility index (Phi) is 0.767. The van der Waals surface area contributed by atoms with Crippen LogP contribution in [-0.2, 0) is 0 Å². The van der Waals surface area contributed by atoms with E-state index >= 15 is 0 Å². The van der Waals surface area contributed by atoms with Crippen molar-refractivity contribution in [3.8, 4) is 0 Å². The molecule has 0 unspecified atom stereocenters. The van der Waals surface area contributed by atoms with Crippen molar-refractivity contribution in [2.75, 3.05) is 0 Å². The highest BCUT2D eigenvalue weighted by Crippen LogP contribution is 2.89. The second kappa shape index (κ2) is 1.66. The van der Waals surface area contributed by atoms with Gasteiger partial charge in [0.15, 0.2) is 0 Å². The van der Waals surface area contributed by atoms with E-state index < -0.39 is 0 Å². The monoisotopic (exact) mass is 214 g/mol. The summed E-state index contributed by atoms with van der Waals surface area (Å²) >= 11 is 0. The van der Waals surface area contributed by atoms with E-state index in [-0.39, 0.29) is 5.60 Å². The normalized spacial score (nSPS) is 90.9. The molecule has 12 atom stereocenters. The minimum absolute atomic E-state index is 0.146. The van der Waals surface area contributed by atoms with E-state index in [0.29, 0.717) is 0 Å². The van der Waals surface area contributed by atoms with Crippen LogP contribution < -0.4 is 0 Å². The van der Waals surface area contributed by atoms with Gasteiger partial charge in [-0.3, -0.25) is 0 Å². The summed E-state index contributed by atoms with van der Waals surface area (Å²) in [5.74, 6) is 11.1. The predicted molar refractivity (Wildman–Crippen MR) is 57.2 cm³/mol. The Labute approximate surface area is 95.6 Å². The first kappa shape index (κ1) is 7.41. The van der Waals surface area contributed by atoms with Crippen molar-refractivity contribution in [2.45, 2.75) is 24.9 Å². The zero-order chi connectivity index (χ0) is 9.97. The van der Waals surface area contributed by atoms with E-state index in [1.807, 2.05) is 0 Å². The van der Waals surface area contributed by atoms with Crippen LogP contribution in [0, 0.1) is 65.1 Å². The molecule has 0 aliphatic heterocycles. The lowest BCUT2D eigenvalue weighted by Crippen LogP contribution is -2.55. The van der Waals surface area contributed by atoms with Crippen LogP contribution in [0.25, 0.3) is 0 Å². The highest BCUT2D eigenvalue weighted by molar-refractivity contribution is 5.35. The highest BCUT2D eigenvalue weighted by Gasteiger charge is 2.87. The maximum atomic E-state index is 11.2. The van der Waals surface area contributed by atoms with Gasteiger partial charge in [-0.05, 0) is 84.4 Å². The van der Waals surface area contributed by atoms with Crippen molar-refractivity contribution in [2.24, 2.45) is 65.1 Å². The Hall–Kier alpha value is -0.0400. The van der Waals surface area contributed by atoms with Gasteiger partial charge in [-0.25, -0.2) is 0 Å². The van der Waals surface area contributed by atoms with Crippen LogP contribution in [0.2, 0.25) is 0 Å². The van der Waals surface area contributed by atoms with Crippen LogP contribution in [0.3, 0.4) is 0 Å². The molecule has 84 valence electrons. The molecule has 0 aromatic carbocycles. The van der Waals surface area contributed by atoms with Crippen LogP contribution in [0.1, 0.15) is 19.3 Å². The van der Waals surface area contributed by atoms with E-state index in [0.717, 1.165) is 59.2 Å². The summed E-state index contributed by atoms with van der Waals surface area (Å²) < 4.78 is 0. The first-order valence-corrected chi connectivity index (χ1v) is 7.53. The van der Waals surface area contributed by atoms with Crippen LogP contribution >= 0.6 is 0 Å². The molecular weight excluding hydrogens is 196 g/mol. The lowest BCUT2D eigenvalue weighted by Gasteiger charge is -2.53. The molecule has 1 heteroatoms. The van der Waals surface area contributed by atoms with E-state index in [2.05, 4.69) is 0 Å². The molecule has 16 heavy (non-hydrogen) atoms. The van der Waals surface area contributed by atoms with Gasteiger partial charge in [0.25, 0.3) is 0 Å². The van der Waals surface area contributed by atoms with Crippen molar-refractivity contribution in [1.29, 1.82) is 0 Å². The van der Waals surface area contributed by atoms with Gasteiger partial charge in [-0.15, -0.1) is 0 Å². The Balaban J connectivity index is 1.70. The molecule has 0 spiro atoms. The largest absolute Gasteiger partial charge is 0.389 e. The average molecular weight is 214 g/mol. The summed E-state index contributed by atoms with van der Waals surface area (Å²) in [5.41, 5.74) is -0.146. The lowest BCUT2D eigenvalue weighted by molar-refractivity contribution is -0.151. The minimum Gasteiger partial charge on any atom is -0.389 e. The maximum absolute atomic E-state index is 11.2. The summed E-state index contributed by atoms with van der Waals surface area (Å²) in [6.45, 7) is 0. The topological polar surface area (TPSA) is 20.2 Å². The fraction of sp³-hybridized carbons (Fsp3) is 1.00. The smallest absolute Gasteiger partial charge is 0.0715 e. The molecule has 0 radical (unpaired) electrons. The molecule has 0 aromatic rings. The molecular formula is C15H18O. The molecule has 8 rings (SSSR count). The van der Waals surface area contributed by atoms with Crippen molar-refractivity contribution in [3.05, 3.63) is 0 Å². The first-order chi connectivity index (χ1) is 7.81. The van der Waals surface area contributed by atoms with Crippen molar-refractivity contribution in [1.82, 2.24) is 0 Å². The van der Waals surface area contributed by atoms with Gasteiger partial charge in [-0.2, -0.15) is 0 Å². The van der Waals surface area contributed by atoms with Crippen molar-refractivity contribution < 1.29 is 5.11 Å². The molecule has 1 nitrogen and oxygen atoms in total. The van der Waals surface area contributed by atoms with E-state index in [9.17, 15) is 5.11 Å². The molecule has 1 N–H and O–H groups in total. The Morgan fingerprint density at radius 1 is 0.750 bits per heavy atom. The Morgan fingerprint density at radius 3 is 2.56 bits per heavy atom. The zero-order valence-electron chi connectivity index (χ0n) is 9.42. The fourth-order valence-corrected chi connectivity index (χ4v) is 9.64. The van der Waals surface area contributed by atoms with Gasteiger partial charge < -0.3 is 5.11 Å². The Morgan fingerprint density at radius 2 is 1.62 bits per heavy atom. The predicted octanol–water partition coefficient (Wildman–Crippen LogP) is 1.76. The van der Waals surface area contributed by atoms with Crippen LogP contribution in [0.4, 0.5) is 0 Å². The Bertz CT molecular complexity index is 452. The molecule has 0 amide bonds. The molecule has 8 fully saturated rings. The van der Waals surface area contributed by atoms with Crippen LogP contribution in [-0.4, -0.2) is 10.7 Å². The molecule has 0 saturated heterocycles. The second-order valence-electron chi connectivity index (χ2n) is 8.34. The fourth-order valence-electron chi connectivity index (χ4n) is 9.64. The van der Waals surface area contributed by atoms with Gasteiger partial charge in [0.2, 0.25) is 0 Å².